The van der Waals surface area contributed by atoms with Crippen LogP contribution in [0.5, 0.6) is 0 Å². The van der Waals surface area contributed by atoms with Crippen LogP contribution in [0.2, 0.25) is 0 Å². The minimum absolute atomic E-state index is 0.246. The molecule has 13 heavy (non-hydrogen) atoms. The van der Waals surface area contributed by atoms with Gasteiger partial charge in [0.05, 0.1) is 5.69 Å². The van der Waals surface area contributed by atoms with E-state index < -0.39 is 6.10 Å². The van der Waals surface area contributed by atoms with Gasteiger partial charge in [-0.3, -0.25) is 0 Å². The van der Waals surface area contributed by atoms with Crippen LogP contribution in [0.3, 0.4) is 0 Å². The van der Waals surface area contributed by atoms with E-state index in [-0.39, 0.29) is 6.54 Å². The Balaban J connectivity index is 2.25. The summed E-state index contributed by atoms with van der Waals surface area (Å²) in [4.78, 5) is 4.35. The Bertz CT molecular complexity index is 272. The molecule has 0 bridgehead atoms. The number of aromatic nitrogens is 2. The van der Waals surface area contributed by atoms with Gasteiger partial charge in [0.1, 0.15) is 11.9 Å². The lowest BCUT2D eigenvalue weighted by Gasteiger charge is -2.11. The normalized spacial score (nSPS) is 18.3. The van der Waals surface area contributed by atoms with E-state index in [1.165, 1.54) is 12.8 Å². The molecule has 2 rings (SSSR count). The number of imidazole rings is 1. The van der Waals surface area contributed by atoms with Crippen molar-refractivity contribution in [3.63, 3.8) is 0 Å². The predicted molar refractivity (Wildman–Crippen MR) is 49.2 cm³/mol. The number of hydrogen-bond donors (Lipinski definition) is 2. The number of nitrogens with zero attached hydrogens (tertiary/aromatic N) is 2. The summed E-state index contributed by atoms with van der Waals surface area (Å²) in [5.41, 5.74) is 6.08. The van der Waals surface area contributed by atoms with Gasteiger partial charge in [-0.05, 0) is 12.8 Å². The van der Waals surface area contributed by atoms with Crippen LogP contribution >= 0.6 is 0 Å². The summed E-state index contributed by atoms with van der Waals surface area (Å²) < 4.78 is 2.12. The van der Waals surface area contributed by atoms with Crippen molar-refractivity contribution >= 4 is 0 Å². The van der Waals surface area contributed by atoms with E-state index in [4.69, 9.17) is 5.73 Å². The van der Waals surface area contributed by atoms with E-state index in [0.717, 1.165) is 24.5 Å². The lowest BCUT2D eigenvalue weighted by Crippen LogP contribution is -2.11. The molecule has 0 fully saturated rings. The third-order valence-electron chi connectivity index (χ3n) is 2.49. The van der Waals surface area contributed by atoms with Crippen molar-refractivity contribution in [1.82, 2.24) is 9.55 Å². The molecule has 72 valence electrons. The van der Waals surface area contributed by atoms with Gasteiger partial charge in [0.25, 0.3) is 0 Å². The van der Waals surface area contributed by atoms with Crippen molar-refractivity contribution in [2.45, 2.75) is 31.9 Å². The Kier molecular flexibility index (Phi) is 2.33. The molecule has 2 heterocycles. The van der Waals surface area contributed by atoms with Crippen LogP contribution in [0.25, 0.3) is 0 Å². The molecular weight excluding hydrogens is 166 g/mol. The van der Waals surface area contributed by atoms with Crippen LogP contribution in [0.4, 0.5) is 0 Å². The summed E-state index contributed by atoms with van der Waals surface area (Å²) in [5, 5.41) is 9.48. The first-order valence-corrected chi connectivity index (χ1v) is 4.75. The third-order valence-corrected chi connectivity index (χ3v) is 2.49. The van der Waals surface area contributed by atoms with E-state index in [2.05, 4.69) is 9.55 Å². The van der Waals surface area contributed by atoms with E-state index >= 15 is 0 Å². The zero-order valence-corrected chi connectivity index (χ0v) is 7.61. The van der Waals surface area contributed by atoms with Crippen molar-refractivity contribution in [3.05, 3.63) is 17.7 Å². The minimum atomic E-state index is -0.599. The molecule has 0 saturated carbocycles. The SMILES string of the molecule is NC[C@@H](O)c1cn2c(n1)CCCC2. The Labute approximate surface area is 77.4 Å². The zero-order chi connectivity index (χ0) is 9.26. The molecule has 1 aromatic heterocycles. The second-order valence-electron chi connectivity index (χ2n) is 3.48. The van der Waals surface area contributed by atoms with Crippen molar-refractivity contribution in [1.29, 1.82) is 0 Å². The minimum Gasteiger partial charge on any atom is -0.385 e. The van der Waals surface area contributed by atoms with E-state index in [1.807, 2.05) is 6.20 Å². The smallest absolute Gasteiger partial charge is 0.110 e. The highest BCUT2D eigenvalue weighted by molar-refractivity contribution is 5.09. The van der Waals surface area contributed by atoms with Crippen molar-refractivity contribution in [2.75, 3.05) is 6.54 Å². The Morgan fingerprint density at radius 2 is 2.46 bits per heavy atom. The summed E-state index contributed by atoms with van der Waals surface area (Å²) in [7, 11) is 0. The summed E-state index contributed by atoms with van der Waals surface area (Å²) >= 11 is 0. The quantitative estimate of drug-likeness (QED) is 0.685. The standard InChI is InChI=1S/C9H15N3O/c10-5-8(13)7-6-12-4-2-1-3-9(12)11-7/h6,8,13H,1-5,10H2/t8-/m1/s1. The monoisotopic (exact) mass is 181 g/mol. The lowest BCUT2D eigenvalue weighted by atomic mass is 10.2. The third kappa shape index (κ3) is 1.59. The Morgan fingerprint density at radius 3 is 3.15 bits per heavy atom. The molecule has 0 aromatic carbocycles. The molecule has 0 unspecified atom stereocenters. The maximum atomic E-state index is 9.48. The van der Waals surface area contributed by atoms with Crippen molar-refractivity contribution in [2.24, 2.45) is 5.73 Å². The molecule has 1 aliphatic heterocycles. The van der Waals surface area contributed by atoms with Gasteiger partial charge in [-0.15, -0.1) is 0 Å². The predicted octanol–water partition coefficient (Wildman–Crippen LogP) is 0.211. The average molecular weight is 181 g/mol. The second-order valence-corrected chi connectivity index (χ2v) is 3.48. The number of hydrogen-bond acceptors (Lipinski definition) is 3. The van der Waals surface area contributed by atoms with E-state index in [1.54, 1.807) is 0 Å². The summed E-state index contributed by atoms with van der Waals surface area (Å²) in [6.45, 7) is 1.27. The van der Waals surface area contributed by atoms with Crippen LogP contribution in [-0.4, -0.2) is 21.2 Å². The van der Waals surface area contributed by atoms with Crippen LogP contribution in [0.15, 0.2) is 6.20 Å². The first-order chi connectivity index (χ1) is 6.31. The molecule has 1 aromatic rings. The molecule has 0 radical (unpaired) electrons. The molecular formula is C9H15N3O. The van der Waals surface area contributed by atoms with Crippen molar-refractivity contribution < 1.29 is 5.11 Å². The fourth-order valence-electron chi connectivity index (χ4n) is 1.72. The topological polar surface area (TPSA) is 64.1 Å². The molecule has 1 atom stereocenters. The summed E-state index contributed by atoms with van der Waals surface area (Å²) in [6.07, 6.45) is 4.76. The van der Waals surface area contributed by atoms with Gasteiger partial charge >= 0.3 is 0 Å². The van der Waals surface area contributed by atoms with Crippen LogP contribution < -0.4 is 5.73 Å². The highest BCUT2D eigenvalue weighted by Crippen LogP contribution is 2.17. The zero-order valence-electron chi connectivity index (χ0n) is 7.61. The van der Waals surface area contributed by atoms with Gasteiger partial charge in [-0.2, -0.15) is 0 Å². The largest absolute Gasteiger partial charge is 0.385 e. The molecule has 0 saturated heterocycles. The molecule has 4 nitrogen and oxygen atoms in total. The molecule has 3 N–H and O–H groups in total. The molecule has 0 aliphatic carbocycles. The number of aliphatic hydroxyl groups excluding tert-OH is 1. The number of rotatable bonds is 2. The van der Waals surface area contributed by atoms with Gasteiger partial charge < -0.3 is 15.4 Å². The van der Waals surface area contributed by atoms with E-state index in [9.17, 15) is 5.11 Å². The Morgan fingerprint density at radius 1 is 1.62 bits per heavy atom. The molecule has 4 heteroatoms. The van der Waals surface area contributed by atoms with E-state index in [0.29, 0.717) is 0 Å². The highest BCUT2D eigenvalue weighted by atomic mass is 16.3. The highest BCUT2D eigenvalue weighted by Gasteiger charge is 2.15. The number of aliphatic hydroxyl groups is 1. The van der Waals surface area contributed by atoms with Crippen LogP contribution in [0, 0.1) is 0 Å². The van der Waals surface area contributed by atoms with Crippen LogP contribution in [-0.2, 0) is 13.0 Å². The van der Waals surface area contributed by atoms with Gasteiger partial charge in [-0.25, -0.2) is 4.98 Å². The number of aryl methyl sites for hydroxylation is 2. The van der Waals surface area contributed by atoms with Gasteiger partial charge in [0, 0.05) is 25.7 Å². The van der Waals surface area contributed by atoms with Gasteiger partial charge in [0.15, 0.2) is 0 Å². The second kappa shape index (κ2) is 3.47. The first kappa shape index (κ1) is 8.72. The first-order valence-electron chi connectivity index (χ1n) is 4.75. The van der Waals surface area contributed by atoms with Gasteiger partial charge in [0.2, 0.25) is 0 Å². The van der Waals surface area contributed by atoms with Crippen molar-refractivity contribution in [3.8, 4) is 0 Å². The fraction of sp³-hybridized carbons (Fsp3) is 0.667. The number of fused-ring (bicyclic) bond motifs is 1. The number of nitrogens with two attached hydrogens (primary N) is 1. The maximum Gasteiger partial charge on any atom is 0.110 e. The maximum absolute atomic E-state index is 9.48. The van der Waals surface area contributed by atoms with Gasteiger partial charge in [-0.1, -0.05) is 0 Å². The fourth-order valence-corrected chi connectivity index (χ4v) is 1.72. The summed E-state index contributed by atoms with van der Waals surface area (Å²) in [5.74, 6) is 1.09. The molecule has 0 spiro atoms. The average Bonchev–Trinajstić information content (AvgIpc) is 2.59. The molecule has 1 aliphatic rings. The Hall–Kier alpha value is -0.870. The van der Waals surface area contributed by atoms with Crippen LogP contribution in [0.1, 0.15) is 30.5 Å². The summed E-state index contributed by atoms with van der Waals surface area (Å²) in [6, 6.07) is 0. The lowest BCUT2D eigenvalue weighted by molar-refractivity contribution is 0.182. The molecule has 0 amide bonds.